The molecule has 2 rings (SSSR count). The minimum absolute atomic E-state index is 0.203. The molecule has 7 nitrogen and oxygen atoms in total. The highest BCUT2D eigenvalue weighted by Gasteiger charge is 2.32. The van der Waals surface area contributed by atoms with Gasteiger partial charge in [0.1, 0.15) is 0 Å². The van der Waals surface area contributed by atoms with Gasteiger partial charge in [0.25, 0.3) is 0 Å². The second-order valence-electron chi connectivity index (χ2n) is 5.12. The molecule has 0 radical (unpaired) electrons. The average molecular weight is 266 g/mol. The van der Waals surface area contributed by atoms with E-state index >= 15 is 0 Å². The van der Waals surface area contributed by atoms with Gasteiger partial charge in [0.15, 0.2) is 0 Å². The summed E-state index contributed by atoms with van der Waals surface area (Å²) >= 11 is 0. The highest BCUT2D eigenvalue weighted by Crippen LogP contribution is 2.24. The molecule has 0 bridgehead atoms. The third-order valence-corrected chi connectivity index (χ3v) is 3.41. The molecule has 2 atom stereocenters. The number of hydrogen-bond donors (Lipinski definition) is 1. The number of anilines is 2. The zero-order chi connectivity index (χ0) is 14.0. The molecule has 106 valence electrons. The minimum Gasteiger partial charge on any atom is -0.464 e. The van der Waals surface area contributed by atoms with Crippen LogP contribution in [0.25, 0.3) is 0 Å². The van der Waals surface area contributed by atoms with E-state index in [2.05, 4.69) is 45.8 Å². The van der Waals surface area contributed by atoms with Crippen LogP contribution in [0.3, 0.4) is 0 Å². The topological polar surface area (TPSA) is 80.4 Å². The number of nitrogen functional groups attached to an aromatic ring is 1. The first-order valence-electron chi connectivity index (χ1n) is 6.57. The number of nitrogens with two attached hydrogens (primary N) is 1. The lowest BCUT2D eigenvalue weighted by molar-refractivity contribution is 0.266. The molecule has 0 spiro atoms. The summed E-state index contributed by atoms with van der Waals surface area (Å²) in [7, 11) is 4.19. The van der Waals surface area contributed by atoms with Crippen molar-refractivity contribution in [3.63, 3.8) is 0 Å². The second kappa shape index (κ2) is 5.56. The Balaban J connectivity index is 2.18. The molecule has 7 heteroatoms. The van der Waals surface area contributed by atoms with E-state index in [9.17, 15) is 0 Å². The number of nitrogens with zero attached hydrogens (tertiary/aromatic N) is 5. The van der Waals surface area contributed by atoms with Gasteiger partial charge in [-0.05, 0) is 26.9 Å². The van der Waals surface area contributed by atoms with Crippen LogP contribution in [0, 0.1) is 5.92 Å². The number of rotatable bonds is 4. The molecule has 1 saturated heterocycles. The van der Waals surface area contributed by atoms with Crippen molar-refractivity contribution < 1.29 is 4.74 Å². The third kappa shape index (κ3) is 3.04. The summed E-state index contributed by atoms with van der Waals surface area (Å²) in [5.74, 6) is 1.37. The van der Waals surface area contributed by atoms with Gasteiger partial charge in [-0.3, -0.25) is 0 Å². The zero-order valence-corrected chi connectivity index (χ0v) is 12.0. The maximum Gasteiger partial charge on any atom is 0.323 e. The van der Waals surface area contributed by atoms with E-state index in [0.717, 1.165) is 13.1 Å². The Hall–Kier alpha value is -1.63. The first kappa shape index (κ1) is 13.8. The monoisotopic (exact) mass is 266 g/mol. The van der Waals surface area contributed by atoms with Crippen LogP contribution in [0.5, 0.6) is 6.01 Å². The van der Waals surface area contributed by atoms with E-state index in [1.54, 1.807) is 0 Å². The standard InChI is InChI=1S/C12H22N6O/c1-5-19-12-15-10(13)14-11(16-12)18-6-8(2)9(7-18)17(3)4/h8-9H,5-7H2,1-4H3,(H2,13,14,15,16). The average Bonchev–Trinajstić information content (AvgIpc) is 2.71. The van der Waals surface area contributed by atoms with Crippen LogP contribution in [0.4, 0.5) is 11.9 Å². The SMILES string of the molecule is CCOc1nc(N)nc(N2CC(C)C(N(C)C)C2)n1. The number of hydrogen-bond acceptors (Lipinski definition) is 7. The lowest BCUT2D eigenvalue weighted by Crippen LogP contribution is -2.34. The predicted octanol–water partition coefficient (Wildman–Crippen LogP) is 0.239. The predicted molar refractivity (Wildman–Crippen MR) is 74.3 cm³/mol. The summed E-state index contributed by atoms with van der Waals surface area (Å²) in [5.41, 5.74) is 5.71. The minimum atomic E-state index is 0.203. The highest BCUT2D eigenvalue weighted by molar-refractivity contribution is 5.38. The van der Waals surface area contributed by atoms with Crippen molar-refractivity contribution in [1.82, 2.24) is 19.9 Å². The second-order valence-corrected chi connectivity index (χ2v) is 5.12. The molecule has 2 N–H and O–H groups in total. The normalized spacial score (nSPS) is 23.1. The molecule has 1 aromatic rings. The third-order valence-electron chi connectivity index (χ3n) is 3.41. The molecule has 0 saturated carbocycles. The van der Waals surface area contributed by atoms with Crippen molar-refractivity contribution in [3.05, 3.63) is 0 Å². The number of aromatic nitrogens is 3. The van der Waals surface area contributed by atoms with Crippen LogP contribution in [-0.4, -0.2) is 59.7 Å². The van der Waals surface area contributed by atoms with Crippen LogP contribution < -0.4 is 15.4 Å². The molecule has 0 aliphatic carbocycles. The summed E-state index contributed by atoms with van der Waals surface area (Å²) in [6.07, 6.45) is 0. The lowest BCUT2D eigenvalue weighted by atomic mass is 10.1. The highest BCUT2D eigenvalue weighted by atomic mass is 16.5. The van der Waals surface area contributed by atoms with E-state index in [0.29, 0.717) is 30.5 Å². The number of likely N-dealkylation sites (N-methyl/N-ethyl adjacent to an activating group) is 1. The van der Waals surface area contributed by atoms with Crippen molar-refractivity contribution in [2.45, 2.75) is 19.9 Å². The van der Waals surface area contributed by atoms with Crippen LogP contribution in [0.15, 0.2) is 0 Å². The molecule has 1 fully saturated rings. The van der Waals surface area contributed by atoms with Gasteiger partial charge in [-0.15, -0.1) is 0 Å². The Morgan fingerprint density at radius 3 is 2.63 bits per heavy atom. The van der Waals surface area contributed by atoms with Gasteiger partial charge in [0, 0.05) is 19.1 Å². The van der Waals surface area contributed by atoms with Crippen molar-refractivity contribution in [2.75, 3.05) is 44.4 Å². The van der Waals surface area contributed by atoms with E-state index in [-0.39, 0.29) is 5.95 Å². The van der Waals surface area contributed by atoms with Crippen molar-refractivity contribution in [3.8, 4) is 6.01 Å². The largest absolute Gasteiger partial charge is 0.464 e. The quantitative estimate of drug-likeness (QED) is 0.836. The Morgan fingerprint density at radius 2 is 2.05 bits per heavy atom. The molecule has 1 aliphatic rings. The summed E-state index contributed by atoms with van der Waals surface area (Å²) in [6, 6.07) is 0.791. The summed E-state index contributed by atoms with van der Waals surface area (Å²) in [6.45, 7) is 6.44. The molecule has 1 aromatic heterocycles. The van der Waals surface area contributed by atoms with Crippen molar-refractivity contribution in [1.29, 1.82) is 0 Å². The first-order valence-corrected chi connectivity index (χ1v) is 6.57. The fourth-order valence-corrected chi connectivity index (χ4v) is 2.48. The first-order chi connectivity index (χ1) is 9.01. The Kier molecular flexibility index (Phi) is 4.04. The molecular formula is C12H22N6O. The summed E-state index contributed by atoms with van der Waals surface area (Å²) in [4.78, 5) is 16.9. The number of ether oxygens (including phenoxy) is 1. The van der Waals surface area contributed by atoms with E-state index in [1.807, 2.05) is 6.92 Å². The Morgan fingerprint density at radius 1 is 1.32 bits per heavy atom. The van der Waals surface area contributed by atoms with Gasteiger partial charge < -0.3 is 20.3 Å². The van der Waals surface area contributed by atoms with Gasteiger partial charge in [0.05, 0.1) is 6.61 Å². The van der Waals surface area contributed by atoms with E-state index in [1.165, 1.54) is 0 Å². The van der Waals surface area contributed by atoms with Crippen LogP contribution >= 0.6 is 0 Å². The maximum absolute atomic E-state index is 5.71. The Bertz CT molecular complexity index is 438. The fourth-order valence-electron chi connectivity index (χ4n) is 2.48. The molecule has 2 heterocycles. The van der Waals surface area contributed by atoms with Crippen molar-refractivity contribution in [2.24, 2.45) is 5.92 Å². The van der Waals surface area contributed by atoms with Gasteiger partial charge in [-0.25, -0.2) is 0 Å². The van der Waals surface area contributed by atoms with Gasteiger partial charge in [0.2, 0.25) is 11.9 Å². The van der Waals surface area contributed by atoms with Crippen LogP contribution in [0.1, 0.15) is 13.8 Å². The summed E-state index contributed by atoms with van der Waals surface area (Å²) in [5, 5.41) is 0. The smallest absolute Gasteiger partial charge is 0.323 e. The maximum atomic E-state index is 5.71. The van der Waals surface area contributed by atoms with Crippen LogP contribution in [-0.2, 0) is 0 Å². The van der Waals surface area contributed by atoms with Crippen molar-refractivity contribution >= 4 is 11.9 Å². The molecule has 19 heavy (non-hydrogen) atoms. The zero-order valence-electron chi connectivity index (χ0n) is 12.0. The molecule has 1 aliphatic heterocycles. The van der Waals surface area contributed by atoms with E-state index in [4.69, 9.17) is 10.5 Å². The molecule has 0 amide bonds. The van der Waals surface area contributed by atoms with E-state index < -0.39 is 0 Å². The van der Waals surface area contributed by atoms with Gasteiger partial charge in [-0.1, -0.05) is 6.92 Å². The van der Waals surface area contributed by atoms with Gasteiger partial charge in [-0.2, -0.15) is 15.0 Å². The Labute approximate surface area is 113 Å². The molecule has 2 unspecified atom stereocenters. The summed E-state index contributed by atoms with van der Waals surface area (Å²) < 4.78 is 5.31. The lowest BCUT2D eigenvalue weighted by Gasteiger charge is -2.22. The van der Waals surface area contributed by atoms with Gasteiger partial charge >= 0.3 is 6.01 Å². The fraction of sp³-hybridized carbons (Fsp3) is 0.750. The molecule has 0 aromatic carbocycles. The van der Waals surface area contributed by atoms with Crippen LogP contribution in [0.2, 0.25) is 0 Å². The molecular weight excluding hydrogens is 244 g/mol.